The number of aldehydes is 1. The van der Waals surface area contributed by atoms with Crippen molar-refractivity contribution in [1.29, 1.82) is 0 Å². The summed E-state index contributed by atoms with van der Waals surface area (Å²) in [5, 5.41) is 0. The zero-order chi connectivity index (χ0) is 6.57. The topological polar surface area (TPSA) is 17.1 Å². The van der Waals surface area contributed by atoms with Crippen LogP contribution in [0.25, 0.3) is 0 Å². The Hall–Kier alpha value is -0.540. The van der Waals surface area contributed by atoms with E-state index in [1.165, 1.54) is 0 Å². The Bertz CT molecular complexity index is 73.7. The second-order valence-corrected chi connectivity index (χ2v) is 1.28. The molecule has 1 unspecified atom stereocenters. The van der Waals surface area contributed by atoms with Crippen LogP contribution in [0.2, 0.25) is 0 Å². The van der Waals surface area contributed by atoms with E-state index in [2.05, 4.69) is 0 Å². The molecule has 4 heteroatoms. The highest BCUT2D eigenvalue weighted by Crippen LogP contribution is 2.03. The Labute approximate surface area is 44.5 Å². The minimum absolute atomic E-state index is 0.133. The molecule has 0 aromatic carbocycles. The number of carbonyl (C=O) groups is 1. The SMILES string of the molecule is O=CC(F)CC(F)F. The number of rotatable bonds is 3. The molecule has 48 valence electrons. The summed E-state index contributed by atoms with van der Waals surface area (Å²) in [4.78, 5) is 9.33. The maximum atomic E-state index is 11.5. The highest BCUT2D eigenvalue weighted by atomic mass is 19.3. The fraction of sp³-hybridized carbons (Fsp3) is 0.750. The van der Waals surface area contributed by atoms with Crippen molar-refractivity contribution in [2.75, 3.05) is 0 Å². The highest BCUT2D eigenvalue weighted by molar-refractivity contribution is 5.55. The van der Waals surface area contributed by atoms with Gasteiger partial charge in [0.15, 0.2) is 12.5 Å². The third-order valence-corrected chi connectivity index (χ3v) is 0.551. The molecule has 8 heavy (non-hydrogen) atoms. The molecule has 0 bridgehead atoms. The summed E-state index contributed by atoms with van der Waals surface area (Å²) >= 11 is 0. The van der Waals surface area contributed by atoms with Gasteiger partial charge in [-0.2, -0.15) is 0 Å². The maximum Gasteiger partial charge on any atom is 0.241 e. The summed E-state index contributed by atoms with van der Waals surface area (Å²) in [5.74, 6) is 0. The number of carbonyl (C=O) groups excluding carboxylic acids is 1. The first kappa shape index (κ1) is 7.46. The number of halogens is 3. The molecule has 0 aliphatic carbocycles. The number of hydrogen-bond acceptors (Lipinski definition) is 1. The van der Waals surface area contributed by atoms with Crippen molar-refractivity contribution in [3.8, 4) is 0 Å². The molecule has 0 fully saturated rings. The quantitative estimate of drug-likeness (QED) is 0.519. The van der Waals surface area contributed by atoms with Crippen LogP contribution >= 0.6 is 0 Å². The van der Waals surface area contributed by atoms with Crippen LogP contribution < -0.4 is 0 Å². The van der Waals surface area contributed by atoms with E-state index >= 15 is 0 Å². The molecule has 0 heterocycles. The van der Waals surface area contributed by atoms with Gasteiger partial charge >= 0.3 is 0 Å². The van der Waals surface area contributed by atoms with Gasteiger partial charge in [0, 0.05) is 6.42 Å². The Balaban J connectivity index is 3.23. The molecule has 0 aromatic rings. The van der Waals surface area contributed by atoms with E-state index in [9.17, 15) is 18.0 Å². The Morgan fingerprint density at radius 2 is 1.88 bits per heavy atom. The molecule has 0 aliphatic heterocycles. The van der Waals surface area contributed by atoms with Crippen LogP contribution in [-0.4, -0.2) is 18.9 Å². The summed E-state index contributed by atoms with van der Waals surface area (Å²) < 4.78 is 33.7. The van der Waals surface area contributed by atoms with Gasteiger partial charge in [0.25, 0.3) is 0 Å². The van der Waals surface area contributed by atoms with Crippen LogP contribution in [0.15, 0.2) is 0 Å². The summed E-state index contributed by atoms with van der Waals surface area (Å²) in [6.07, 6.45) is -5.85. The van der Waals surface area contributed by atoms with E-state index < -0.39 is 19.0 Å². The van der Waals surface area contributed by atoms with Gasteiger partial charge in [-0.3, -0.25) is 0 Å². The van der Waals surface area contributed by atoms with Gasteiger partial charge < -0.3 is 4.79 Å². The molecule has 1 atom stereocenters. The summed E-state index contributed by atoms with van der Waals surface area (Å²) in [6, 6.07) is 0. The summed E-state index contributed by atoms with van der Waals surface area (Å²) in [5.41, 5.74) is 0. The third-order valence-electron chi connectivity index (χ3n) is 0.551. The van der Waals surface area contributed by atoms with E-state index in [0.29, 0.717) is 0 Å². The smallest absolute Gasteiger partial charge is 0.241 e. The molecule has 0 saturated heterocycles. The van der Waals surface area contributed by atoms with Crippen molar-refractivity contribution in [1.82, 2.24) is 0 Å². The van der Waals surface area contributed by atoms with Gasteiger partial charge in [-0.25, -0.2) is 13.2 Å². The van der Waals surface area contributed by atoms with Crippen LogP contribution in [0.3, 0.4) is 0 Å². The average molecular weight is 126 g/mol. The minimum Gasteiger partial charge on any atom is -0.300 e. The van der Waals surface area contributed by atoms with Gasteiger partial charge in [-0.15, -0.1) is 0 Å². The van der Waals surface area contributed by atoms with Gasteiger partial charge in [0.2, 0.25) is 6.43 Å². The molecule has 0 amide bonds. The Kier molecular flexibility index (Phi) is 3.23. The lowest BCUT2D eigenvalue weighted by Crippen LogP contribution is -2.06. The minimum atomic E-state index is -2.73. The van der Waals surface area contributed by atoms with Gasteiger partial charge in [0.05, 0.1) is 0 Å². The average Bonchev–Trinajstić information content (AvgIpc) is 1.65. The molecule has 0 spiro atoms. The summed E-state index contributed by atoms with van der Waals surface area (Å²) in [6.45, 7) is 0. The fourth-order valence-electron chi connectivity index (χ4n) is 0.226. The third kappa shape index (κ3) is 3.64. The van der Waals surface area contributed by atoms with Gasteiger partial charge in [-0.05, 0) is 0 Å². The van der Waals surface area contributed by atoms with Crippen molar-refractivity contribution in [3.63, 3.8) is 0 Å². The molecular formula is C4H5F3O. The molecule has 1 nitrogen and oxygen atoms in total. The van der Waals surface area contributed by atoms with Crippen molar-refractivity contribution >= 4 is 6.29 Å². The van der Waals surface area contributed by atoms with Crippen LogP contribution in [0.4, 0.5) is 13.2 Å². The summed E-state index contributed by atoms with van der Waals surface area (Å²) in [7, 11) is 0. The van der Waals surface area contributed by atoms with Crippen LogP contribution in [0.5, 0.6) is 0 Å². The normalized spacial score (nSPS) is 14.0. The number of alkyl halides is 3. The zero-order valence-electron chi connectivity index (χ0n) is 3.98. The van der Waals surface area contributed by atoms with Crippen molar-refractivity contribution in [2.24, 2.45) is 0 Å². The molecule has 0 saturated carbocycles. The lowest BCUT2D eigenvalue weighted by molar-refractivity contribution is -0.113. The van der Waals surface area contributed by atoms with Crippen molar-refractivity contribution < 1.29 is 18.0 Å². The van der Waals surface area contributed by atoms with E-state index in [0.717, 1.165) is 0 Å². The van der Waals surface area contributed by atoms with E-state index in [1.54, 1.807) is 0 Å². The highest BCUT2D eigenvalue weighted by Gasteiger charge is 2.11. The molecule has 0 aromatic heterocycles. The molecule has 0 aliphatic rings. The second kappa shape index (κ2) is 3.46. The maximum absolute atomic E-state index is 11.5. The van der Waals surface area contributed by atoms with Gasteiger partial charge in [-0.1, -0.05) is 0 Å². The Morgan fingerprint density at radius 3 is 2.00 bits per heavy atom. The molecule has 0 N–H and O–H groups in total. The van der Waals surface area contributed by atoms with Crippen LogP contribution in [0, 0.1) is 0 Å². The zero-order valence-corrected chi connectivity index (χ0v) is 3.98. The van der Waals surface area contributed by atoms with Gasteiger partial charge in [0.1, 0.15) is 0 Å². The van der Waals surface area contributed by atoms with Crippen molar-refractivity contribution in [2.45, 2.75) is 19.0 Å². The molecule has 0 radical (unpaired) electrons. The molecule has 0 rings (SSSR count). The molecular weight excluding hydrogens is 121 g/mol. The van der Waals surface area contributed by atoms with E-state index in [-0.39, 0.29) is 6.29 Å². The lowest BCUT2D eigenvalue weighted by atomic mass is 10.3. The first-order valence-electron chi connectivity index (χ1n) is 2.04. The lowest BCUT2D eigenvalue weighted by Gasteiger charge is -1.95. The monoisotopic (exact) mass is 126 g/mol. The number of hydrogen-bond donors (Lipinski definition) is 0. The second-order valence-electron chi connectivity index (χ2n) is 1.28. The standard InChI is InChI=1S/C4H5F3O/c5-3(2-8)1-4(6)7/h2-4H,1H2. The van der Waals surface area contributed by atoms with E-state index in [4.69, 9.17) is 0 Å². The van der Waals surface area contributed by atoms with E-state index in [1.807, 2.05) is 0 Å². The van der Waals surface area contributed by atoms with Crippen LogP contribution in [0.1, 0.15) is 6.42 Å². The van der Waals surface area contributed by atoms with Crippen LogP contribution in [-0.2, 0) is 4.79 Å². The first-order chi connectivity index (χ1) is 3.66. The largest absolute Gasteiger partial charge is 0.300 e. The Morgan fingerprint density at radius 1 is 1.38 bits per heavy atom. The van der Waals surface area contributed by atoms with Crippen molar-refractivity contribution in [3.05, 3.63) is 0 Å². The predicted molar refractivity (Wildman–Crippen MR) is 21.6 cm³/mol. The fourth-order valence-corrected chi connectivity index (χ4v) is 0.226. The first-order valence-corrected chi connectivity index (χ1v) is 2.04. The predicted octanol–water partition coefficient (Wildman–Crippen LogP) is 1.18.